The van der Waals surface area contributed by atoms with Crippen molar-refractivity contribution in [3.63, 3.8) is 0 Å². The standard InChI is InChI=1S/C23H17ClN2O4S/c1-12-3-7-18(13(2)9-12)25-23-26-21(27)20(31-23)11-15-5-8-19(30-15)16-10-14(22(28)29)4-6-17(16)24/h3-11H,1-2H3,(H,28,29)(H,25,26,27)/b20-11+. The molecular formula is C23H17ClN2O4S. The second-order valence-corrected chi connectivity index (χ2v) is 8.41. The second-order valence-electron chi connectivity index (χ2n) is 6.97. The Hall–Kier alpha value is -3.29. The Morgan fingerprint density at radius 2 is 1.97 bits per heavy atom. The number of aliphatic imine (C=N–C) groups is 1. The minimum Gasteiger partial charge on any atom is -0.478 e. The van der Waals surface area contributed by atoms with Crippen LogP contribution in [0.2, 0.25) is 5.02 Å². The highest BCUT2D eigenvalue weighted by Gasteiger charge is 2.24. The Balaban J connectivity index is 1.58. The monoisotopic (exact) mass is 452 g/mol. The fraction of sp³-hybridized carbons (Fsp3) is 0.0870. The lowest BCUT2D eigenvalue weighted by Gasteiger charge is -2.02. The molecule has 4 rings (SSSR count). The number of amides is 1. The lowest BCUT2D eigenvalue weighted by Crippen LogP contribution is -2.19. The molecule has 1 aromatic heterocycles. The third-order valence-electron chi connectivity index (χ3n) is 4.60. The summed E-state index contributed by atoms with van der Waals surface area (Å²) in [6.45, 7) is 3.99. The minimum absolute atomic E-state index is 0.105. The summed E-state index contributed by atoms with van der Waals surface area (Å²) in [6, 6.07) is 13.7. The van der Waals surface area contributed by atoms with Crippen molar-refractivity contribution in [2.75, 3.05) is 0 Å². The summed E-state index contributed by atoms with van der Waals surface area (Å²) in [4.78, 5) is 28.6. The first-order valence-corrected chi connectivity index (χ1v) is 10.5. The van der Waals surface area contributed by atoms with Gasteiger partial charge in [-0.1, -0.05) is 29.3 Å². The van der Waals surface area contributed by atoms with Crippen molar-refractivity contribution >= 4 is 52.2 Å². The molecule has 1 aliphatic heterocycles. The topological polar surface area (TPSA) is 91.9 Å². The molecule has 1 saturated heterocycles. The van der Waals surface area contributed by atoms with Crippen molar-refractivity contribution in [3.05, 3.63) is 80.9 Å². The number of aromatic carboxylic acids is 1. The number of furan rings is 1. The Labute approximate surface area is 187 Å². The van der Waals surface area contributed by atoms with E-state index in [9.17, 15) is 14.7 Å². The van der Waals surface area contributed by atoms with Crippen LogP contribution in [0.1, 0.15) is 27.2 Å². The molecule has 3 aromatic rings. The van der Waals surface area contributed by atoms with Gasteiger partial charge in [0, 0.05) is 11.6 Å². The van der Waals surface area contributed by atoms with Crippen LogP contribution in [0.4, 0.5) is 5.69 Å². The molecule has 1 fully saturated rings. The van der Waals surface area contributed by atoms with Crippen molar-refractivity contribution in [3.8, 4) is 11.3 Å². The summed E-state index contributed by atoms with van der Waals surface area (Å²) in [6.07, 6.45) is 1.61. The number of aryl methyl sites for hydroxylation is 2. The number of nitrogens with one attached hydrogen (secondary N) is 1. The number of carboxylic acids is 1. The summed E-state index contributed by atoms with van der Waals surface area (Å²) in [5.41, 5.74) is 3.53. The summed E-state index contributed by atoms with van der Waals surface area (Å²) in [5.74, 6) is -0.469. The number of halogens is 1. The van der Waals surface area contributed by atoms with Gasteiger partial charge in [0.25, 0.3) is 5.91 Å². The maximum absolute atomic E-state index is 12.4. The number of amidine groups is 1. The minimum atomic E-state index is -1.05. The van der Waals surface area contributed by atoms with Crippen molar-refractivity contribution < 1.29 is 19.1 Å². The summed E-state index contributed by atoms with van der Waals surface area (Å²) in [7, 11) is 0. The molecule has 6 nitrogen and oxygen atoms in total. The van der Waals surface area contributed by atoms with Crippen LogP contribution in [-0.2, 0) is 4.79 Å². The zero-order chi connectivity index (χ0) is 22.1. The van der Waals surface area contributed by atoms with Crippen LogP contribution < -0.4 is 5.32 Å². The quantitative estimate of drug-likeness (QED) is 0.487. The van der Waals surface area contributed by atoms with E-state index in [1.807, 2.05) is 32.0 Å². The van der Waals surface area contributed by atoms with Gasteiger partial charge in [0.2, 0.25) is 0 Å². The first-order valence-electron chi connectivity index (χ1n) is 9.30. The third kappa shape index (κ3) is 4.57. The van der Waals surface area contributed by atoms with E-state index in [0.29, 0.717) is 32.2 Å². The van der Waals surface area contributed by atoms with Crippen molar-refractivity contribution in [2.45, 2.75) is 13.8 Å². The number of thioether (sulfide) groups is 1. The first kappa shape index (κ1) is 21.0. The molecular weight excluding hydrogens is 436 g/mol. The number of carbonyl (C=O) groups excluding carboxylic acids is 1. The molecule has 2 aromatic carbocycles. The van der Waals surface area contributed by atoms with E-state index >= 15 is 0 Å². The van der Waals surface area contributed by atoms with E-state index in [4.69, 9.17) is 16.0 Å². The number of benzene rings is 2. The maximum Gasteiger partial charge on any atom is 0.335 e. The van der Waals surface area contributed by atoms with E-state index in [0.717, 1.165) is 16.8 Å². The molecule has 156 valence electrons. The summed E-state index contributed by atoms with van der Waals surface area (Å²) < 4.78 is 5.79. The van der Waals surface area contributed by atoms with Gasteiger partial charge < -0.3 is 14.8 Å². The van der Waals surface area contributed by atoms with E-state index in [-0.39, 0.29) is 11.5 Å². The molecule has 1 amide bonds. The van der Waals surface area contributed by atoms with E-state index in [1.165, 1.54) is 30.0 Å². The highest BCUT2D eigenvalue weighted by molar-refractivity contribution is 8.18. The normalized spacial score (nSPS) is 16.2. The van der Waals surface area contributed by atoms with Crippen molar-refractivity contribution in [1.82, 2.24) is 5.32 Å². The maximum atomic E-state index is 12.4. The van der Waals surface area contributed by atoms with Crippen molar-refractivity contribution in [1.29, 1.82) is 0 Å². The van der Waals surface area contributed by atoms with Crippen LogP contribution >= 0.6 is 23.4 Å². The van der Waals surface area contributed by atoms with Crippen LogP contribution in [0.15, 0.2) is 62.8 Å². The van der Waals surface area contributed by atoms with Gasteiger partial charge in [-0.2, -0.15) is 0 Å². The zero-order valence-corrected chi connectivity index (χ0v) is 18.2. The molecule has 1 aliphatic rings. The average Bonchev–Trinajstić information content (AvgIpc) is 3.31. The van der Waals surface area contributed by atoms with Crippen LogP contribution in [0.3, 0.4) is 0 Å². The molecule has 0 spiro atoms. The van der Waals surface area contributed by atoms with Crippen LogP contribution in [0.5, 0.6) is 0 Å². The lowest BCUT2D eigenvalue weighted by molar-refractivity contribution is -0.115. The van der Waals surface area contributed by atoms with Crippen LogP contribution in [0.25, 0.3) is 17.4 Å². The molecule has 0 unspecified atom stereocenters. The molecule has 2 heterocycles. The predicted octanol–water partition coefficient (Wildman–Crippen LogP) is 5.81. The van der Waals surface area contributed by atoms with Crippen LogP contribution in [0, 0.1) is 13.8 Å². The molecule has 0 bridgehead atoms. The van der Waals surface area contributed by atoms with Gasteiger partial charge in [-0.25, -0.2) is 9.79 Å². The molecule has 0 saturated carbocycles. The molecule has 0 aliphatic carbocycles. The Morgan fingerprint density at radius 1 is 1.16 bits per heavy atom. The Bertz CT molecular complexity index is 1280. The average molecular weight is 453 g/mol. The Morgan fingerprint density at radius 3 is 2.71 bits per heavy atom. The number of carboxylic acid groups (broad SMARTS) is 1. The fourth-order valence-corrected chi connectivity index (χ4v) is 4.10. The summed E-state index contributed by atoms with van der Waals surface area (Å²) in [5, 5.41) is 12.8. The van der Waals surface area contributed by atoms with Gasteiger partial charge in [-0.05, 0) is 67.6 Å². The van der Waals surface area contributed by atoms with E-state index < -0.39 is 5.97 Å². The molecule has 0 atom stereocenters. The van der Waals surface area contributed by atoms with Gasteiger partial charge in [-0.3, -0.25) is 4.79 Å². The number of hydrogen-bond acceptors (Lipinski definition) is 5. The first-order chi connectivity index (χ1) is 14.8. The van der Waals surface area contributed by atoms with Crippen LogP contribution in [-0.4, -0.2) is 22.2 Å². The second kappa shape index (κ2) is 8.45. The van der Waals surface area contributed by atoms with Gasteiger partial charge in [-0.15, -0.1) is 0 Å². The van der Waals surface area contributed by atoms with Crippen molar-refractivity contribution in [2.24, 2.45) is 4.99 Å². The van der Waals surface area contributed by atoms with Gasteiger partial charge >= 0.3 is 5.97 Å². The van der Waals surface area contributed by atoms with Gasteiger partial charge in [0.15, 0.2) is 5.17 Å². The smallest absolute Gasteiger partial charge is 0.335 e. The van der Waals surface area contributed by atoms with E-state index in [2.05, 4.69) is 10.3 Å². The predicted molar refractivity (Wildman–Crippen MR) is 123 cm³/mol. The molecule has 31 heavy (non-hydrogen) atoms. The zero-order valence-electron chi connectivity index (χ0n) is 16.6. The largest absolute Gasteiger partial charge is 0.478 e. The number of rotatable bonds is 4. The fourth-order valence-electron chi connectivity index (χ4n) is 3.07. The number of hydrogen-bond donors (Lipinski definition) is 2. The third-order valence-corrected chi connectivity index (χ3v) is 5.84. The Kier molecular flexibility index (Phi) is 5.71. The lowest BCUT2D eigenvalue weighted by atomic mass is 10.1. The highest BCUT2D eigenvalue weighted by atomic mass is 35.5. The molecule has 2 N–H and O–H groups in total. The van der Waals surface area contributed by atoms with Gasteiger partial charge in [0.05, 0.1) is 21.2 Å². The van der Waals surface area contributed by atoms with Gasteiger partial charge in [0.1, 0.15) is 11.5 Å². The highest BCUT2D eigenvalue weighted by Crippen LogP contribution is 2.33. The molecule has 8 heteroatoms. The van der Waals surface area contributed by atoms with E-state index in [1.54, 1.807) is 18.2 Å². The number of nitrogens with zero attached hydrogens (tertiary/aromatic N) is 1. The summed E-state index contributed by atoms with van der Waals surface area (Å²) >= 11 is 7.43. The number of carbonyl (C=O) groups is 2. The molecule has 0 radical (unpaired) electrons. The SMILES string of the molecule is Cc1ccc(N=C2NC(=O)/C(=C\c3ccc(-c4cc(C(=O)O)ccc4Cl)o3)S2)c(C)c1.